The minimum Gasteiger partial charge on any atom is -0.428 e. The van der Waals surface area contributed by atoms with Gasteiger partial charge in [-0.3, -0.25) is 0 Å². The monoisotopic (exact) mass is 448 g/mol. The van der Waals surface area contributed by atoms with E-state index < -0.39 is 12.5 Å². The first kappa shape index (κ1) is 23.1. The quantitative estimate of drug-likeness (QED) is 0.385. The summed E-state index contributed by atoms with van der Waals surface area (Å²) in [7, 11) is 0. The van der Waals surface area contributed by atoms with E-state index in [0.717, 1.165) is 28.9 Å². The topological polar surface area (TPSA) is 9.23 Å². The fourth-order valence-electron chi connectivity index (χ4n) is 5.82. The van der Waals surface area contributed by atoms with Gasteiger partial charge in [-0.25, -0.2) is 0 Å². The van der Waals surface area contributed by atoms with Crippen molar-refractivity contribution in [2.24, 2.45) is 17.8 Å². The van der Waals surface area contributed by atoms with E-state index in [4.69, 9.17) is 0 Å². The first-order valence-electron chi connectivity index (χ1n) is 11.9. The molecule has 2 aromatic carbocycles. The second-order valence-corrected chi connectivity index (χ2v) is 9.61. The Morgan fingerprint density at radius 3 is 2.06 bits per heavy atom. The third-order valence-electron chi connectivity index (χ3n) is 7.50. The normalized spacial score (nSPS) is 26.1. The molecule has 32 heavy (non-hydrogen) atoms. The van der Waals surface area contributed by atoms with Crippen molar-refractivity contribution in [2.75, 3.05) is 0 Å². The van der Waals surface area contributed by atoms with Gasteiger partial charge in [0.15, 0.2) is 0 Å². The largest absolute Gasteiger partial charge is 0.461 e. The van der Waals surface area contributed by atoms with Gasteiger partial charge in [0.25, 0.3) is 0 Å². The molecule has 0 aliphatic heterocycles. The molecule has 2 aliphatic carbocycles. The molecule has 0 bridgehead atoms. The molecular weight excluding hydrogens is 416 g/mol. The van der Waals surface area contributed by atoms with Gasteiger partial charge in [0.05, 0.1) is 0 Å². The van der Waals surface area contributed by atoms with Gasteiger partial charge in [0.1, 0.15) is 5.75 Å². The fraction of sp³-hybridized carbons (Fsp3) is 0.556. The summed E-state index contributed by atoms with van der Waals surface area (Å²) in [5.41, 5.74) is 3.18. The van der Waals surface area contributed by atoms with Crippen LogP contribution in [0.5, 0.6) is 5.75 Å². The lowest BCUT2D eigenvalue weighted by Crippen LogP contribution is -2.33. The molecule has 2 saturated carbocycles. The SMILES string of the molecule is CCCC1CC[C@@H]2C[C@H](c3ccc(-c4ccc(OC(F)(F)C(F)F)cc4)cc3)CC[C@@H]2C1. The van der Waals surface area contributed by atoms with Crippen LogP contribution in [0.2, 0.25) is 0 Å². The van der Waals surface area contributed by atoms with Crippen molar-refractivity contribution in [1.82, 2.24) is 0 Å². The van der Waals surface area contributed by atoms with Gasteiger partial charge in [-0.2, -0.15) is 17.6 Å². The number of hydrogen-bond acceptors (Lipinski definition) is 1. The lowest BCUT2D eigenvalue weighted by Gasteiger charge is -2.42. The highest BCUT2D eigenvalue weighted by atomic mass is 19.3. The van der Waals surface area contributed by atoms with E-state index in [0.29, 0.717) is 5.92 Å². The molecule has 0 spiro atoms. The molecule has 0 aromatic heterocycles. The van der Waals surface area contributed by atoms with E-state index in [-0.39, 0.29) is 5.75 Å². The summed E-state index contributed by atoms with van der Waals surface area (Å²) < 4.78 is 54.9. The number of ether oxygens (including phenoxy) is 1. The van der Waals surface area contributed by atoms with Gasteiger partial charge in [-0.05, 0) is 84.6 Å². The summed E-state index contributed by atoms with van der Waals surface area (Å²) in [5.74, 6) is 3.05. The van der Waals surface area contributed by atoms with Gasteiger partial charge in [-0.1, -0.05) is 62.6 Å². The van der Waals surface area contributed by atoms with Crippen molar-refractivity contribution in [3.05, 3.63) is 54.1 Å². The van der Waals surface area contributed by atoms with Crippen LogP contribution in [-0.2, 0) is 0 Å². The first-order valence-corrected chi connectivity index (χ1v) is 11.9. The smallest absolute Gasteiger partial charge is 0.428 e. The van der Waals surface area contributed by atoms with E-state index in [9.17, 15) is 17.6 Å². The maximum absolute atomic E-state index is 13.1. The molecule has 0 N–H and O–H groups in total. The number of halogens is 4. The standard InChI is InChI=1S/C27H32F4O/c1-2-3-18-4-5-24-17-23(11-10-22(24)16-18)21-8-6-19(7-9-21)20-12-14-25(15-13-20)32-27(30,31)26(28)29/h6-9,12-15,18,22-24,26H,2-5,10-11,16-17H2,1H3/t18?,22-,23-,24-/m1/s1. The van der Waals surface area contributed by atoms with Crippen LogP contribution < -0.4 is 4.74 Å². The Bertz CT molecular complexity index is 862. The van der Waals surface area contributed by atoms with E-state index in [1.165, 1.54) is 69.1 Å². The zero-order valence-electron chi connectivity index (χ0n) is 18.6. The average molecular weight is 449 g/mol. The number of rotatable bonds is 7. The van der Waals surface area contributed by atoms with Crippen LogP contribution in [0.15, 0.2) is 48.5 Å². The molecule has 4 atom stereocenters. The summed E-state index contributed by atoms with van der Waals surface area (Å²) in [6.07, 6.45) is 2.40. The van der Waals surface area contributed by atoms with Crippen molar-refractivity contribution in [1.29, 1.82) is 0 Å². The van der Waals surface area contributed by atoms with Crippen LogP contribution in [0, 0.1) is 17.8 Å². The molecule has 2 fully saturated rings. The van der Waals surface area contributed by atoms with E-state index >= 15 is 0 Å². The molecule has 0 heterocycles. The average Bonchev–Trinajstić information content (AvgIpc) is 2.79. The predicted octanol–water partition coefficient (Wildman–Crippen LogP) is 8.69. The van der Waals surface area contributed by atoms with E-state index in [1.54, 1.807) is 12.1 Å². The maximum Gasteiger partial charge on any atom is 0.461 e. The molecule has 1 nitrogen and oxygen atoms in total. The highest BCUT2D eigenvalue weighted by Crippen LogP contribution is 2.48. The van der Waals surface area contributed by atoms with Crippen LogP contribution >= 0.6 is 0 Å². The van der Waals surface area contributed by atoms with Crippen molar-refractivity contribution in [3.8, 4) is 16.9 Å². The van der Waals surface area contributed by atoms with Gasteiger partial charge in [0, 0.05) is 0 Å². The second-order valence-electron chi connectivity index (χ2n) is 9.61. The second kappa shape index (κ2) is 9.84. The van der Waals surface area contributed by atoms with Crippen LogP contribution in [0.4, 0.5) is 17.6 Å². The third-order valence-corrected chi connectivity index (χ3v) is 7.50. The van der Waals surface area contributed by atoms with Gasteiger partial charge < -0.3 is 4.74 Å². The zero-order valence-corrected chi connectivity index (χ0v) is 18.6. The molecule has 0 saturated heterocycles. The Kier molecular flexibility index (Phi) is 7.11. The molecule has 2 aromatic rings. The summed E-state index contributed by atoms with van der Waals surface area (Å²) in [6.45, 7) is 2.29. The van der Waals surface area contributed by atoms with Crippen molar-refractivity contribution < 1.29 is 22.3 Å². The van der Waals surface area contributed by atoms with Crippen LogP contribution in [0.1, 0.15) is 69.8 Å². The van der Waals surface area contributed by atoms with Gasteiger partial charge >= 0.3 is 12.5 Å². The molecule has 2 aliphatic rings. The van der Waals surface area contributed by atoms with Crippen LogP contribution in [0.3, 0.4) is 0 Å². The third kappa shape index (κ3) is 5.29. The molecule has 174 valence electrons. The Balaban J connectivity index is 1.37. The Labute approximate surface area is 188 Å². The molecule has 4 rings (SSSR count). The summed E-state index contributed by atoms with van der Waals surface area (Å²) in [4.78, 5) is 0. The number of benzene rings is 2. The Hall–Kier alpha value is -2.04. The molecule has 0 radical (unpaired) electrons. The molecule has 0 amide bonds. The van der Waals surface area contributed by atoms with Crippen molar-refractivity contribution in [2.45, 2.75) is 76.7 Å². The minimum atomic E-state index is -4.49. The summed E-state index contributed by atoms with van der Waals surface area (Å²) in [5, 5.41) is 0. The van der Waals surface area contributed by atoms with Crippen LogP contribution in [-0.4, -0.2) is 12.5 Å². The highest BCUT2D eigenvalue weighted by molar-refractivity contribution is 5.64. The lowest BCUT2D eigenvalue weighted by atomic mass is 9.63. The number of alkyl halides is 4. The molecular formula is C27H32F4O. The lowest BCUT2D eigenvalue weighted by molar-refractivity contribution is -0.253. The zero-order chi connectivity index (χ0) is 22.7. The first-order chi connectivity index (χ1) is 15.4. The Morgan fingerprint density at radius 2 is 1.44 bits per heavy atom. The van der Waals surface area contributed by atoms with Crippen LogP contribution in [0.25, 0.3) is 11.1 Å². The summed E-state index contributed by atoms with van der Waals surface area (Å²) >= 11 is 0. The highest BCUT2D eigenvalue weighted by Gasteiger charge is 2.44. The number of hydrogen-bond donors (Lipinski definition) is 0. The number of fused-ring (bicyclic) bond motifs is 1. The van der Waals surface area contributed by atoms with Gasteiger partial charge in [-0.15, -0.1) is 0 Å². The predicted molar refractivity (Wildman–Crippen MR) is 119 cm³/mol. The fourth-order valence-corrected chi connectivity index (χ4v) is 5.82. The van der Waals surface area contributed by atoms with E-state index in [1.807, 2.05) is 0 Å². The van der Waals surface area contributed by atoms with Gasteiger partial charge in [0.2, 0.25) is 0 Å². The summed E-state index contributed by atoms with van der Waals surface area (Å²) in [6, 6.07) is 14.3. The molecule has 5 heteroatoms. The van der Waals surface area contributed by atoms with Crippen molar-refractivity contribution >= 4 is 0 Å². The van der Waals surface area contributed by atoms with E-state index in [2.05, 4.69) is 35.9 Å². The molecule has 1 unspecified atom stereocenters. The maximum atomic E-state index is 13.1. The van der Waals surface area contributed by atoms with Crippen molar-refractivity contribution in [3.63, 3.8) is 0 Å². The minimum absolute atomic E-state index is 0.277. The Morgan fingerprint density at radius 1 is 0.844 bits per heavy atom.